The van der Waals surface area contributed by atoms with Crippen molar-refractivity contribution in [3.05, 3.63) is 62.7 Å². The highest BCUT2D eigenvalue weighted by Crippen LogP contribution is 2.41. The summed E-state index contributed by atoms with van der Waals surface area (Å²) in [6, 6.07) is 9.32. The number of nitrogens with zero attached hydrogens (tertiary/aromatic N) is 1. The van der Waals surface area contributed by atoms with Crippen LogP contribution in [0.5, 0.6) is 0 Å². The summed E-state index contributed by atoms with van der Waals surface area (Å²) in [4.78, 5) is 22.3. The molecule has 0 saturated heterocycles. The lowest BCUT2D eigenvalue weighted by molar-refractivity contribution is -0.384. The maximum absolute atomic E-state index is 12.1. The molecular weight excluding hydrogens is 254 g/mol. The molecule has 2 aromatic carbocycles. The molecule has 1 aliphatic rings. The third-order valence-corrected chi connectivity index (χ3v) is 3.30. The van der Waals surface area contributed by atoms with E-state index in [2.05, 4.69) is 0 Å². The minimum Gasteiger partial charge on any atom is -0.289 e. The van der Waals surface area contributed by atoms with Gasteiger partial charge in [0.25, 0.3) is 5.69 Å². The predicted molar refractivity (Wildman–Crippen MR) is 67.0 cm³/mol. The van der Waals surface area contributed by atoms with Crippen LogP contribution < -0.4 is 0 Å². The molecule has 0 atom stereocenters. The average Bonchev–Trinajstić information content (AvgIpc) is 2.64. The Kier molecular flexibility index (Phi) is 2.21. The summed E-state index contributed by atoms with van der Waals surface area (Å²) in [6.45, 7) is 0. The van der Waals surface area contributed by atoms with E-state index < -0.39 is 4.92 Å². The fourth-order valence-corrected chi connectivity index (χ4v) is 2.46. The number of non-ortho nitro benzene ring substituents is 1. The second-order valence-electron chi connectivity index (χ2n) is 3.98. The third kappa shape index (κ3) is 1.36. The molecule has 3 rings (SSSR count). The lowest BCUT2D eigenvalue weighted by Gasteiger charge is -2.01. The summed E-state index contributed by atoms with van der Waals surface area (Å²) in [6.07, 6.45) is 0. The number of ketones is 1. The van der Waals surface area contributed by atoms with Crippen LogP contribution in [-0.4, -0.2) is 10.7 Å². The first-order valence-electron chi connectivity index (χ1n) is 5.21. The van der Waals surface area contributed by atoms with Gasteiger partial charge in [0.2, 0.25) is 0 Å². The lowest BCUT2D eigenvalue weighted by Crippen LogP contribution is -1.96. The first-order valence-corrected chi connectivity index (χ1v) is 5.59. The van der Waals surface area contributed by atoms with E-state index >= 15 is 0 Å². The zero-order valence-corrected chi connectivity index (χ0v) is 9.77. The van der Waals surface area contributed by atoms with Crippen LogP contribution in [0.15, 0.2) is 36.4 Å². The molecule has 0 radical (unpaired) electrons. The Morgan fingerprint density at radius 1 is 1.06 bits per heavy atom. The molecule has 0 heterocycles. The van der Waals surface area contributed by atoms with Gasteiger partial charge in [0.15, 0.2) is 5.78 Å². The highest BCUT2D eigenvalue weighted by atomic mass is 35.5. The Balaban J connectivity index is 2.31. The standard InChI is InChI=1S/C13H6ClNO3/c14-11-3-1-2-9-12(11)8-5-4-7(15(17)18)6-10(8)13(9)16/h1-6H. The SMILES string of the molecule is O=C1c2cc([N+](=O)[O-])ccc2-c2c(Cl)cccc21. The highest BCUT2D eigenvalue weighted by molar-refractivity contribution is 6.36. The molecule has 2 aromatic rings. The lowest BCUT2D eigenvalue weighted by atomic mass is 10.1. The maximum atomic E-state index is 12.1. The first-order chi connectivity index (χ1) is 8.59. The van der Waals surface area contributed by atoms with Crippen molar-refractivity contribution in [3.63, 3.8) is 0 Å². The second kappa shape index (κ2) is 3.65. The summed E-state index contributed by atoms with van der Waals surface area (Å²) in [5, 5.41) is 11.2. The first kappa shape index (κ1) is 10.9. The number of benzene rings is 2. The molecule has 0 fully saturated rings. The van der Waals surface area contributed by atoms with Crippen LogP contribution in [0, 0.1) is 10.1 Å². The number of nitro benzene ring substituents is 1. The fraction of sp³-hybridized carbons (Fsp3) is 0. The number of carbonyl (C=O) groups excluding carboxylic acids is 1. The number of rotatable bonds is 1. The van der Waals surface area contributed by atoms with Crippen molar-refractivity contribution in [2.75, 3.05) is 0 Å². The van der Waals surface area contributed by atoms with Crippen LogP contribution in [0.2, 0.25) is 5.02 Å². The fourth-order valence-electron chi connectivity index (χ4n) is 2.18. The van der Waals surface area contributed by atoms with Gasteiger partial charge in [-0.1, -0.05) is 23.7 Å². The summed E-state index contributed by atoms with van der Waals surface area (Å²) < 4.78 is 0. The second-order valence-corrected chi connectivity index (χ2v) is 4.39. The molecular formula is C13H6ClNO3. The van der Waals surface area contributed by atoms with Crippen molar-refractivity contribution in [1.82, 2.24) is 0 Å². The molecule has 18 heavy (non-hydrogen) atoms. The molecule has 0 N–H and O–H groups in total. The van der Waals surface area contributed by atoms with Gasteiger partial charge in [0.05, 0.1) is 4.92 Å². The molecule has 0 bridgehead atoms. The van der Waals surface area contributed by atoms with Gasteiger partial charge in [-0.2, -0.15) is 0 Å². The topological polar surface area (TPSA) is 60.2 Å². The Hall–Kier alpha value is -2.20. The van der Waals surface area contributed by atoms with Crippen LogP contribution in [0.1, 0.15) is 15.9 Å². The number of halogens is 1. The van der Waals surface area contributed by atoms with E-state index in [4.69, 9.17) is 11.6 Å². The number of carbonyl (C=O) groups is 1. The van der Waals surface area contributed by atoms with Gasteiger partial charge in [0, 0.05) is 33.8 Å². The number of nitro groups is 1. The van der Waals surface area contributed by atoms with Gasteiger partial charge >= 0.3 is 0 Å². The van der Waals surface area contributed by atoms with Gasteiger partial charge in [0.1, 0.15) is 0 Å². The normalized spacial score (nSPS) is 12.2. The smallest absolute Gasteiger partial charge is 0.270 e. The minimum atomic E-state index is -0.516. The largest absolute Gasteiger partial charge is 0.289 e. The zero-order valence-electron chi connectivity index (χ0n) is 9.01. The summed E-state index contributed by atoms with van der Waals surface area (Å²) in [5.74, 6) is -0.216. The van der Waals surface area contributed by atoms with E-state index in [0.717, 1.165) is 0 Å². The van der Waals surface area contributed by atoms with Crippen LogP contribution in [0.4, 0.5) is 5.69 Å². The quantitative estimate of drug-likeness (QED) is 0.497. The van der Waals surface area contributed by atoms with Crippen molar-refractivity contribution in [1.29, 1.82) is 0 Å². The van der Waals surface area contributed by atoms with Crippen molar-refractivity contribution in [2.45, 2.75) is 0 Å². The Labute approximate surface area is 107 Å². The molecule has 88 valence electrons. The van der Waals surface area contributed by atoms with E-state index in [0.29, 0.717) is 27.3 Å². The van der Waals surface area contributed by atoms with Crippen LogP contribution in [0.25, 0.3) is 11.1 Å². The van der Waals surface area contributed by atoms with Crippen LogP contribution in [0.3, 0.4) is 0 Å². The van der Waals surface area contributed by atoms with Gasteiger partial charge in [-0.05, 0) is 17.7 Å². The van der Waals surface area contributed by atoms with E-state index in [1.807, 2.05) is 0 Å². The highest BCUT2D eigenvalue weighted by Gasteiger charge is 2.29. The Morgan fingerprint density at radius 3 is 2.56 bits per heavy atom. The molecule has 5 heteroatoms. The molecule has 0 aliphatic heterocycles. The maximum Gasteiger partial charge on any atom is 0.270 e. The Bertz CT molecular complexity index is 709. The molecule has 0 amide bonds. The van der Waals surface area contributed by atoms with E-state index in [-0.39, 0.29) is 11.5 Å². The van der Waals surface area contributed by atoms with Gasteiger partial charge in [-0.25, -0.2) is 0 Å². The number of hydrogen-bond acceptors (Lipinski definition) is 3. The third-order valence-electron chi connectivity index (χ3n) is 2.99. The molecule has 4 nitrogen and oxygen atoms in total. The van der Waals surface area contributed by atoms with Crippen molar-refractivity contribution in [2.24, 2.45) is 0 Å². The number of fused-ring (bicyclic) bond motifs is 3. The summed E-state index contributed by atoms with van der Waals surface area (Å²) in [5.41, 5.74) is 2.07. The van der Waals surface area contributed by atoms with Gasteiger partial charge < -0.3 is 0 Å². The van der Waals surface area contributed by atoms with Gasteiger partial charge in [-0.15, -0.1) is 0 Å². The molecule has 0 unspecified atom stereocenters. The Morgan fingerprint density at radius 2 is 1.83 bits per heavy atom. The predicted octanol–water partition coefficient (Wildman–Crippen LogP) is 3.46. The molecule has 1 aliphatic carbocycles. The van der Waals surface area contributed by atoms with Crippen molar-refractivity contribution in [3.8, 4) is 11.1 Å². The average molecular weight is 260 g/mol. The van der Waals surface area contributed by atoms with E-state index in [9.17, 15) is 14.9 Å². The molecule has 0 saturated carbocycles. The summed E-state index contributed by atoms with van der Waals surface area (Å²) >= 11 is 6.08. The molecule has 0 spiro atoms. The molecule has 0 aromatic heterocycles. The van der Waals surface area contributed by atoms with Crippen LogP contribution in [-0.2, 0) is 0 Å². The van der Waals surface area contributed by atoms with Gasteiger partial charge in [-0.3, -0.25) is 14.9 Å². The zero-order chi connectivity index (χ0) is 12.9. The van der Waals surface area contributed by atoms with Crippen molar-refractivity contribution < 1.29 is 9.72 Å². The monoisotopic (exact) mass is 259 g/mol. The van der Waals surface area contributed by atoms with E-state index in [1.165, 1.54) is 12.1 Å². The van der Waals surface area contributed by atoms with E-state index in [1.54, 1.807) is 24.3 Å². The minimum absolute atomic E-state index is 0.0916. The number of hydrogen-bond donors (Lipinski definition) is 0. The van der Waals surface area contributed by atoms with Crippen LogP contribution >= 0.6 is 11.6 Å². The van der Waals surface area contributed by atoms with Crippen molar-refractivity contribution >= 4 is 23.1 Å². The summed E-state index contributed by atoms with van der Waals surface area (Å²) in [7, 11) is 0.